The minimum Gasteiger partial charge on any atom is -0.383 e. The molecule has 0 aliphatic carbocycles. The van der Waals surface area contributed by atoms with Gasteiger partial charge in [-0.1, -0.05) is 0 Å². The fourth-order valence-electron chi connectivity index (χ4n) is 1.60. The van der Waals surface area contributed by atoms with Crippen LogP contribution in [0.25, 0.3) is 11.2 Å². The van der Waals surface area contributed by atoms with Gasteiger partial charge in [0.25, 0.3) is 0 Å². The number of imidazole rings is 1. The summed E-state index contributed by atoms with van der Waals surface area (Å²) < 4.78 is 6.98. The average Bonchev–Trinajstić information content (AvgIpc) is 2.63. The summed E-state index contributed by atoms with van der Waals surface area (Å²) >= 11 is 0. The summed E-state index contributed by atoms with van der Waals surface area (Å²) in [5.74, 6) is 0.991. The molecule has 2 aromatic rings. The van der Waals surface area contributed by atoms with Crippen molar-refractivity contribution in [1.29, 1.82) is 0 Å². The number of rotatable bonds is 5. The van der Waals surface area contributed by atoms with Crippen LogP contribution in [0, 0.1) is 0 Å². The average molecular weight is 220 g/mol. The Labute approximate surface area is 94.5 Å². The number of nitrogens with zero attached hydrogens (tertiary/aromatic N) is 3. The minimum atomic E-state index is 0.711. The predicted octanol–water partition coefficient (Wildman–Crippen LogP) is 0.704. The van der Waals surface area contributed by atoms with Crippen molar-refractivity contribution in [2.75, 3.05) is 20.3 Å². The van der Waals surface area contributed by atoms with Crippen LogP contribution in [0.5, 0.6) is 0 Å². The molecule has 5 heteroatoms. The van der Waals surface area contributed by atoms with Crippen molar-refractivity contribution < 1.29 is 4.74 Å². The Kier molecular flexibility index (Phi) is 3.48. The Morgan fingerprint density at radius 2 is 2.38 bits per heavy atom. The largest absolute Gasteiger partial charge is 0.383 e. The number of methoxy groups -OCH3 is 1. The molecule has 86 valence electrons. The van der Waals surface area contributed by atoms with E-state index in [1.165, 1.54) is 0 Å². The van der Waals surface area contributed by atoms with Gasteiger partial charge in [0.2, 0.25) is 0 Å². The summed E-state index contributed by atoms with van der Waals surface area (Å²) in [4.78, 5) is 8.80. The van der Waals surface area contributed by atoms with Crippen molar-refractivity contribution in [1.82, 2.24) is 19.9 Å². The first-order chi connectivity index (χ1) is 7.83. The van der Waals surface area contributed by atoms with Gasteiger partial charge in [-0.3, -0.25) is 0 Å². The highest BCUT2D eigenvalue weighted by Crippen LogP contribution is 2.10. The van der Waals surface area contributed by atoms with Gasteiger partial charge in [-0.15, -0.1) is 0 Å². The van der Waals surface area contributed by atoms with E-state index in [0.717, 1.165) is 30.1 Å². The van der Waals surface area contributed by atoms with E-state index in [-0.39, 0.29) is 0 Å². The lowest BCUT2D eigenvalue weighted by molar-refractivity contribution is 0.199. The normalized spacial score (nSPS) is 11.1. The van der Waals surface area contributed by atoms with Crippen molar-refractivity contribution in [2.24, 2.45) is 7.05 Å². The molecule has 0 aromatic carbocycles. The summed E-state index contributed by atoms with van der Waals surface area (Å²) in [7, 11) is 3.68. The molecule has 1 N–H and O–H groups in total. The molecule has 16 heavy (non-hydrogen) atoms. The monoisotopic (exact) mass is 220 g/mol. The van der Waals surface area contributed by atoms with Crippen LogP contribution in [0.3, 0.4) is 0 Å². The number of hydrogen-bond donors (Lipinski definition) is 1. The van der Waals surface area contributed by atoms with Gasteiger partial charge in [0.15, 0.2) is 5.65 Å². The topological polar surface area (TPSA) is 52.0 Å². The van der Waals surface area contributed by atoms with E-state index in [1.807, 2.05) is 23.7 Å². The summed E-state index contributed by atoms with van der Waals surface area (Å²) in [6, 6.07) is 3.87. The number of ether oxygens (including phenoxy) is 1. The van der Waals surface area contributed by atoms with Gasteiger partial charge in [-0.05, 0) is 12.1 Å². The van der Waals surface area contributed by atoms with E-state index in [0.29, 0.717) is 6.61 Å². The van der Waals surface area contributed by atoms with Crippen molar-refractivity contribution in [3.05, 3.63) is 24.2 Å². The number of hydrogen-bond acceptors (Lipinski definition) is 4. The molecule has 0 saturated carbocycles. The lowest BCUT2D eigenvalue weighted by atomic mass is 10.4. The lowest BCUT2D eigenvalue weighted by Crippen LogP contribution is -2.20. The maximum absolute atomic E-state index is 4.97. The molecule has 0 atom stereocenters. The zero-order valence-electron chi connectivity index (χ0n) is 9.60. The molecule has 0 aliphatic heterocycles. The molecular formula is C11H16N4O. The molecule has 0 spiro atoms. The SMILES string of the molecule is COCCNCc1nc2cccnc2n1C. The number of aryl methyl sites for hydroxylation is 1. The molecule has 2 heterocycles. The third-order valence-corrected chi connectivity index (χ3v) is 2.49. The van der Waals surface area contributed by atoms with E-state index in [2.05, 4.69) is 15.3 Å². The smallest absolute Gasteiger partial charge is 0.159 e. The second-order valence-electron chi connectivity index (χ2n) is 3.60. The summed E-state index contributed by atoms with van der Waals surface area (Å²) in [6.45, 7) is 2.27. The first-order valence-electron chi connectivity index (χ1n) is 5.29. The van der Waals surface area contributed by atoms with Crippen molar-refractivity contribution in [3.8, 4) is 0 Å². The quantitative estimate of drug-likeness (QED) is 0.754. The van der Waals surface area contributed by atoms with Gasteiger partial charge < -0.3 is 14.6 Å². The van der Waals surface area contributed by atoms with Crippen LogP contribution >= 0.6 is 0 Å². The van der Waals surface area contributed by atoms with Crippen LogP contribution in [0.2, 0.25) is 0 Å². The molecule has 0 unspecified atom stereocenters. The van der Waals surface area contributed by atoms with E-state index in [1.54, 1.807) is 13.3 Å². The molecule has 5 nitrogen and oxygen atoms in total. The van der Waals surface area contributed by atoms with Crippen molar-refractivity contribution in [2.45, 2.75) is 6.54 Å². The van der Waals surface area contributed by atoms with Gasteiger partial charge in [0, 0.05) is 26.9 Å². The third-order valence-electron chi connectivity index (χ3n) is 2.49. The number of fused-ring (bicyclic) bond motifs is 1. The third kappa shape index (κ3) is 2.20. The van der Waals surface area contributed by atoms with Crippen LogP contribution in [0.15, 0.2) is 18.3 Å². The Morgan fingerprint density at radius 3 is 3.12 bits per heavy atom. The van der Waals surface area contributed by atoms with Crippen molar-refractivity contribution in [3.63, 3.8) is 0 Å². The first-order valence-corrected chi connectivity index (χ1v) is 5.29. The fraction of sp³-hybridized carbons (Fsp3) is 0.455. The van der Waals surface area contributed by atoms with E-state index in [4.69, 9.17) is 4.74 Å². The van der Waals surface area contributed by atoms with Crippen LogP contribution < -0.4 is 5.32 Å². The minimum absolute atomic E-state index is 0.711. The molecule has 0 saturated heterocycles. The first kappa shape index (κ1) is 11.0. The molecular weight excluding hydrogens is 204 g/mol. The molecule has 0 bridgehead atoms. The molecule has 0 aliphatic rings. The molecule has 0 radical (unpaired) electrons. The molecule has 2 aromatic heterocycles. The van der Waals surface area contributed by atoms with Crippen LogP contribution in [-0.2, 0) is 18.3 Å². The Bertz CT molecular complexity index is 466. The maximum atomic E-state index is 4.97. The Morgan fingerprint density at radius 1 is 1.50 bits per heavy atom. The summed E-state index contributed by atoms with van der Waals surface area (Å²) in [6.07, 6.45) is 1.78. The molecule has 2 rings (SSSR count). The zero-order valence-corrected chi connectivity index (χ0v) is 9.60. The van der Waals surface area contributed by atoms with Crippen LogP contribution in [-0.4, -0.2) is 34.8 Å². The maximum Gasteiger partial charge on any atom is 0.159 e. The number of aromatic nitrogens is 3. The fourth-order valence-corrected chi connectivity index (χ4v) is 1.60. The second-order valence-corrected chi connectivity index (χ2v) is 3.60. The van der Waals surface area contributed by atoms with Gasteiger partial charge in [-0.2, -0.15) is 0 Å². The Balaban J connectivity index is 2.09. The molecule has 0 fully saturated rings. The lowest BCUT2D eigenvalue weighted by Gasteiger charge is -2.03. The van der Waals surface area contributed by atoms with E-state index in [9.17, 15) is 0 Å². The summed E-state index contributed by atoms with van der Waals surface area (Å²) in [5, 5.41) is 3.27. The standard InChI is InChI=1S/C11H16N4O/c1-15-10(8-12-6-7-16-2)14-9-4-3-5-13-11(9)15/h3-5,12H,6-8H2,1-2H3. The van der Waals surface area contributed by atoms with Gasteiger partial charge in [-0.25, -0.2) is 9.97 Å². The van der Waals surface area contributed by atoms with Crippen LogP contribution in [0.1, 0.15) is 5.82 Å². The highest BCUT2D eigenvalue weighted by atomic mass is 16.5. The molecule has 0 amide bonds. The zero-order chi connectivity index (χ0) is 11.4. The predicted molar refractivity (Wildman–Crippen MR) is 62.1 cm³/mol. The van der Waals surface area contributed by atoms with E-state index >= 15 is 0 Å². The number of pyridine rings is 1. The Hall–Kier alpha value is -1.46. The van der Waals surface area contributed by atoms with Crippen molar-refractivity contribution >= 4 is 11.2 Å². The number of nitrogens with one attached hydrogen (secondary N) is 1. The highest BCUT2D eigenvalue weighted by molar-refractivity contribution is 5.70. The highest BCUT2D eigenvalue weighted by Gasteiger charge is 2.06. The van der Waals surface area contributed by atoms with E-state index < -0.39 is 0 Å². The second kappa shape index (κ2) is 5.05. The van der Waals surface area contributed by atoms with Gasteiger partial charge in [0.05, 0.1) is 13.2 Å². The van der Waals surface area contributed by atoms with Crippen LogP contribution in [0.4, 0.5) is 0 Å². The summed E-state index contributed by atoms with van der Waals surface area (Å²) in [5.41, 5.74) is 1.86. The van der Waals surface area contributed by atoms with Gasteiger partial charge in [0.1, 0.15) is 11.3 Å². The van der Waals surface area contributed by atoms with Gasteiger partial charge >= 0.3 is 0 Å².